The van der Waals surface area contributed by atoms with Crippen LogP contribution in [0.4, 0.5) is 0 Å². The molecule has 0 saturated heterocycles. The minimum absolute atomic E-state index is 0.0931. The van der Waals surface area contributed by atoms with Crippen molar-refractivity contribution in [2.75, 3.05) is 14.2 Å². The lowest BCUT2D eigenvalue weighted by Gasteiger charge is -2.26. The zero-order valence-corrected chi connectivity index (χ0v) is 13.9. The molecule has 0 bridgehead atoms. The molecule has 0 amide bonds. The summed E-state index contributed by atoms with van der Waals surface area (Å²) >= 11 is 0. The van der Waals surface area contributed by atoms with E-state index < -0.39 is 16.0 Å². The van der Waals surface area contributed by atoms with Crippen molar-refractivity contribution in [3.8, 4) is 11.5 Å². The van der Waals surface area contributed by atoms with Crippen molar-refractivity contribution in [3.63, 3.8) is 0 Å². The number of aliphatic carboxylic acids is 1. The van der Waals surface area contributed by atoms with E-state index in [1.807, 2.05) is 0 Å². The van der Waals surface area contributed by atoms with Gasteiger partial charge in [0.1, 0.15) is 0 Å². The predicted molar refractivity (Wildman–Crippen MR) is 83.2 cm³/mol. The first-order valence-electron chi connectivity index (χ1n) is 7.34. The van der Waals surface area contributed by atoms with E-state index in [0.717, 1.165) is 0 Å². The molecule has 0 unspecified atom stereocenters. The third-order valence-electron chi connectivity index (χ3n) is 4.06. The van der Waals surface area contributed by atoms with Crippen LogP contribution in [-0.4, -0.2) is 39.8 Å². The molecule has 1 aliphatic rings. The lowest BCUT2D eigenvalue weighted by Crippen LogP contribution is -2.38. The first kappa shape index (κ1) is 17.6. The second kappa shape index (κ2) is 7.18. The Morgan fingerprint density at radius 2 is 1.74 bits per heavy atom. The van der Waals surface area contributed by atoms with E-state index in [9.17, 15) is 13.2 Å². The van der Waals surface area contributed by atoms with Gasteiger partial charge < -0.3 is 14.6 Å². The molecule has 0 atom stereocenters. The van der Waals surface area contributed by atoms with Crippen molar-refractivity contribution < 1.29 is 27.8 Å². The molecular formula is C15H21NO6S. The number of carbonyl (C=O) groups is 1. The van der Waals surface area contributed by atoms with E-state index in [1.54, 1.807) is 0 Å². The Bertz CT molecular complexity index is 665. The van der Waals surface area contributed by atoms with Crippen LogP contribution in [0.15, 0.2) is 23.1 Å². The largest absolute Gasteiger partial charge is 0.493 e. The Hall–Kier alpha value is -1.80. The van der Waals surface area contributed by atoms with Gasteiger partial charge in [0.25, 0.3) is 0 Å². The number of hydrogen-bond acceptors (Lipinski definition) is 5. The Morgan fingerprint density at radius 3 is 2.26 bits per heavy atom. The quantitative estimate of drug-likeness (QED) is 0.814. The SMILES string of the molecule is COc1ccc(S(=O)(=O)NC2CCC(C(=O)O)CC2)cc1OC. The smallest absolute Gasteiger partial charge is 0.306 e. The first-order valence-corrected chi connectivity index (χ1v) is 8.83. The van der Waals surface area contributed by atoms with Gasteiger partial charge in [0.15, 0.2) is 11.5 Å². The molecule has 1 aromatic rings. The number of carboxylic acids is 1. The van der Waals surface area contributed by atoms with Crippen LogP contribution < -0.4 is 14.2 Å². The molecule has 0 aliphatic heterocycles. The summed E-state index contributed by atoms with van der Waals surface area (Å²) in [4.78, 5) is 11.0. The van der Waals surface area contributed by atoms with E-state index in [4.69, 9.17) is 14.6 Å². The third kappa shape index (κ3) is 4.14. The highest BCUT2D eigenvalue weighted by Gasteiger charge is 2.29. The molecule has 2 rings (SSSR count). The van der Waals surface area contributed by atoms with Gasteiger partial charge in [-0.15, -0.1) is 0 Å². The van der Waals surface area contributed by atoms with Gasteiger partial charge in [0, 0.05) is 12.1 Å². The summed E-state index contributed by atoms with van der Waals surface area (Å²) in [5.41, 5.74) is 0. The number of carboxylic acid groups (broad SMARTS) is 1. The van der Waals surface area contributed by atoms with Crippen molar-refractivity contribution in [2.24, 2.45) is 5.92 Å². The van der Waals surface area contributed by atoms with Crippen LogP contribution in [0.5, 0.6) is 11.5 Å². The summed E-state index contributed by atoms with van der Waals surface area (Å²) in [7, 11) is -0.771. The molecule has 2 N–H and O–H groups in total. The second-order valence-corrected chi connectivity index (χ2v) is 7.24. The van der Waals surface area contributed by atoms with Gasteiger partial charge in [-0.2, -0.15) is 0 Å². The van der Waals surface area contributed by atoms with Gasteiger partial charge in [-0.05, 0) is 37.8 Å². The Morgan fingerprint density at radius 1 is 1.13 bits per heavy atom. The number of hydrogen-bond donors (Lipinski definition) is 2. The highest BCUT2D eigenvalue weighted by molar-refractivity contribution is 7.89. The maximum Gasteiger partial charge on any atom is 0.306 e. The first-order chi connectivity index (χ1) is 10.9. The number of benzene rings is 1. The van der Waals surface area contributed by atoms with E-state index in [1.165, 1.54) is 32.4 Å². The monoisotopic (exact) mass is 343 g/mol. The van der Waals surface area contributed by atoms with Gasteiger partial charge in [-0.3, -0.25) is 4.79 Å². The van der Waals surface area contributed by atoms with Gasteiger partial charge in [-0.1, -0.05) is 0 Å². The summed E-state index contributed by atoms with van der Waals surface area (Å²) in [6.45, 7) is 0. The maximum absolute atomic E-state index is 12.5. The molecule has 8 heteroatoms. The zero-order valence-electron chi connectivity index (χ0n) is 13.1. The minimum atomic E-state index is -3.69. The van der Waals surface area contributed by atoms with Crippen molar-refractivity contribution in [1.29, 1.82) is 0 Å². The second-order valence-electron chi connectivity index (χ2n) is 5.52. The fraction of sp³-hybridized carbons (Fsp3) is 0.533. The van der Waals surface area contributed by atoms with Crippen LogP contribution in [-0.2, 0) is 14.8 Å². The average molecular weight is 343 g/mol. The van der Waals surface area contributed by atoms with Crippen molar-refractivity contribution in [1.82, 2.24) is 4.72 Å². The number of sulfonamides is 1. The van der Waals surface area contributed by atoms with Crippen molar-refractivity contribution in [2.45, 2.75) is 36.6 Å². The summed E-state index contributed by atoms with van der Waals surface area (Å²) in [5.74, 6) is -0.401. The van der Waals surface area contributed by atoms with Gasteiger partial charge in [0.2, 0.25) is 10.0 Å². The molecule has 7 nitrogen and oxygen atoms in total. The highest BCUT2D eigenvalue weighted by atomic mass is 32.2. The number of ether oxygens (including phenoxy) is 2. The third-order valence-corrected chi connectivity index (χ3v) is 5.58. The van der Waals surface area contributed by atoms with E-state index >= 15 is 0 Å². The molecule has 1 aromatic carbocycles. The molecule has 1 saturated carbocycles. The molecule has 0 heterocycles. The lowest BCUT2D eigenvalue weighted by molar-refractivity contribution is -0.142. The van der Waals surface area contributed by atoms with Gasteiger partial charge in [0.05, 0.1) is 25.0 Å². The number of rotatable bonds is 6. The van der Waals surface area contributed by atoms with Crippen LogP contribution >= 0.6 is 0 Å². The Kier molecular flexibility index (Phi) is 5.48. The number of methoxy groups -OCH3 is 2. The molecule has 128 valence electrons. The summed E-state index contributed by atoms with van der Waals surface area (Å²) in [6, 6.07) is 4.15. The van der Waals surface area contributed by atoms with Crippen molar-refractivity contribution >= 4 is 16.0 Å². The fourth-order valence-electron chi connectivity index (χ4n) is 2.73. The van der Waals surface area contributed by atoms with E-state index in [2.05, 4.69) is 4.72 Å². The summed E-state index contributed by atoms with van der Waals surface area (Å²) < 4.78 is 37.8. The molecule has 0 spiro atoms. The normalized spacial score (nSPS) is 21.7. The fourth-order valence-corrected chi connectivity index (χ4v) is 4.05. The van der Waals surface area contributed by atoms with Crippen LogP contribution in [0.25, 0.3) is 0 Å². The number of nitrogens with one attached hydrogen (secondary N) is 1. The molecule has 1 aliphatic carbocycles. The highest BCUT2D eigenvalue weighted by Crippen LogP contribution is 2.30. The van der Waals surface area contributed by atoms with E-state index in [-0.39, 0.29) is 16.9 Å². The van der Waals surface area contributed by atoms with Crippen LogP contribution in [0.3, 0.4) is 0 Å². The average Bonchev–Trinajstić information content (AvgIpc) is 2.54. The molecule has 0 radical (unpaired) electrons. The van der Waals surface area contributed by atoms with Gasteiger partial charge in [-0.25, -0.2) is 13.1 Å². The van der Waals surface area contributed by atoms with Crippen LogP contribution in [0.1, 0.15) is 25.7 Å². The topological polar surface area (TPSA) is 102 Å². The van der Waals surface area contributed by atoms with Crippen LogP contribution in [0.2, 0.25) is 0 Å². The van der Waals surface area contributed by atoms with Crippen LogP contribution in [0, 0.1) is 5.92 Å². The zero-order chi connectivity index (χ0) is 17.0. The molecule has 23 heavy (non-hydrogen) atoms. The van der Waals surface area contributed by atoms with Gasteiger partial charge >= 0.3 is 5.97 Å². The van der Waals surface area contributed by atoms with Crippen molar-refractivity contribution in [3.05, 3.63) is 18.2 Å². The minimum Gasteiger partial charge on any atom is -0.493 e. The standard InChI is InChI=1S/C15H21NO6S/c1-21-13-8-7-12(9-14(13)22-2)23(19,20)16-11-5-3-10(4-6-11)15(17)18/h7-11,16H,3-6H2,1-2H3,(H,17,18). The van der Waals surface area contributed by atoms with E-state index in [0.29, 0.717) is 37.2 Å². The maximum atomic E-state index is 12.5. The molecular weight excluding hydrogens is 322 g/mol. The Labute approximate surface area is 135 Å². The summed E-state index contributed by atoms with van der Waals surface area (Å²) in [5, 5.41) is 8.98. The lowest BCUT2D eigenvalue weighted by atomic mass is 9.87. The summed E-state index contributed by atoms with van der Waals surface area (Å²) in [6.07, 6.45) is 2.00. The molecule has 0 aromatic heterocycles. The molecule has 1 fully saturated rings. The Balaban J connectivity index is 2.09. The predicted octanol–water partition coefficient (Wildman–Crippen LogP) is 1.63.